The fourth-order valence-corrected chi connectivity index (χ4v) is 2.93. The van der Waals surface area contributed by atoms with Crippen LogP contribution in [0.3, 0.4) is 0 Å². The first kappa shape index (κ1) is 9.78. The molecule has 1 atom stereocenters. The third-order valence-corrected chi connectivity index (χ3v) is 4.06. The summed E-state index contributed by atoms with van der Waals surface area (Å²) in [7, 11) is 0. The number of carbonyl (C=O) groups excluding carboxylic acids is 1. The third kappa shape index (κ3) is 1.59. The molecule has 1 aromatic rings. The summed E-state index contributed by atoms with van der Waals surface area (Å²) in [5.41, 5.74) is 3.34. The first-order valence-electron chi connectivity index (χ1n) is 4.97. The maximum Gasteiger partial charge on any atom is 0.176 e. The summed E-state index contributed by atoms with van der Waals surface area (Å²) in [5.74, 6) is 1.31. The normalized spacial score (nSPS) is 20.7. The van der Waals surface area contributed by atoms with E-state index < -0.39 is 0 Å². The van der Waals surface area contributed by atoms with E-state index in [0.717, 1.165) is 17.7 Å². The molecule has 2 heteroatoms. The van der Waals surface area contributed by atoms with Crippen LogP contribution >= 0.6 is 11.8 Å². The zero-order valence-corrected chi connectivity index (χ0v) is 9.36. The second kappa shape index (κ2) is 3.77. The maximum atomic E-state index is 12.0. The molecule has 14 heavy (non-hydrogen) atoms. The first-order chi connectivity index (χ1) is 6.72. The Bertz CT molecular complexity index is 371. The number of thioether (sulfide) groups is 1. The van der Waals surface area contributed by atoms with Gasteiger partial charge in [0.1, 0.15) is 0 Å². The minimum absolute atomic E-state index is 0.185. The summed E-state index contributed by atoms with van der Waals surface area (Å²) in [5, 5.41) is 0.185. The fourth-order valence-electron chi connectivity index (χ4n) is 1.79. The van der Waals surface area contributed by atoms with Crippen molar-refractivity contribution in [3.63, 3.8) is 0 Å². The van der Waals surface area contributed by atoms with Crippen LogP contribution in [0.2, 0.25) is 0 Å². The van der Waals surface area contributed by atoms with Gasteiger partial charge in [0.25, 0.3) is 0 Å². The molecule has 0 amide bonds. The van der Waals surface area contributed by atoms with Gasteiger partial charge in [-0.3, -0.25) is 4.79 Å². The van der Waals surface area contributed by atoms with Crippen LogP contribution in [0.5, 0.6) is 0 Å². The van der Waals surface area contributed by atoms with Gasteiger partial charge in [-0.2, -0.15) is 0 Å². The molecule has 0 aromatic heterocycles. The Hall–Kier alpha value is -0.760. The predicted octanol–water partition coefficient (Wildman–Crippen LogP) is 3.20. The molecular formula is C12H14OS. The van der Waals surface area contributed by atoms with Crippen LogP contribution in [0, 0.1) is 6.92 Å². The highest BCUT2D eigenvalue weighted by molar-refractivity contribution is 8.00. The Morgan fingerprint density at radius 2 is 2.29 bits per heavy atom. The smallest absolute Gasteiger partial charge is 0.176 e. The summed E-state index contributed by atoms with van der Waals surface area (Å²) in [6, 6.07) is 6.19. The second-order valence-electron chi connectivity index (χ2n) is 3.73. The highest BCUT2D eigenvalue weighted by atomic mass is 32.2. The molecule has 0 saturated carbocycles. The SMILES string of the molecule is CCC1SCc2ccc(C)cc2C1=O. The number of benzene rings is 1. The van der Waals surface area contributed by atoms with Gasteiger partial charge in [-0.25, -0.2) is 0 Å². The quantitative estimate of drug-likeness (QED) is 0.702. The standard InChI is InChI=1S/C12H14OS/c1-3-11-12(13)10-6-8(2)4-5-9(10)7-14-11/h4-6,11H,3,7H2,1-2H3. The molecule has 2 rings (SSSR count). The lowest BCUT2D eigenvalue weighted by molar-refractivity contribution is 0.0985. The fraction of sp³-hybridized carbons (Fsp3) is 0.417. The van der Waals surface area contributed by atoms with Crippen LogP contribution in [0.1, 0.15) is 34.8 Å². The van der Waals surface area contributed by atoms with Gasteiger partial charge in [-0.05, 0) is 25.0 Å². The van der Waals surface area contributed by atoms with Crippen LogP contribution in [0.15, 0.2) is 18.2 Å². The van der Waals surface area contributed by atoms with E-state index in [4.69, 9.17) is 0 Å². The summed E-state index contributed by atoms with van der Waals surface area (Å²) >= 11 is 1.77. The van der Waals surface area contributed by atoms with E-state index in [0.29, 0.717) is 5.78 Å². The number of hydrogen-bond donors (Lipinski definition) is 0. The van der Waals surface area contributed by atoms with Crippen LogP contribution < -0.4 is 0 Å². The third-order valence-electron chi connectivity index (χ3n) is 2.63. The first-order valence-corrected chi connectivity index (χ1v) is 6.02. The minimum atomic E-state index is 0.185. The molecule has 0 radical (unpaired) electrons. The van der Waals surface area contributed by atoms with Crippen LogP contribution in [0.25, 0.3) is 0 Å². The van der Waals surface area contributed by atoms with E-state index in [1.807, 2.05) is 13.0 Å². The Labute approximate surface area is 88.9 Å². The molecule has 0 fully saturated rings. The molecule has 1 nitrogen and oxygen atoms in total. The summed E-state index contributed by atoms with van der Waals surface area (Å²) in [4.78, 5) is 12.0. The predicted molar refractivity (Wildman–Crippen MR) is 60.9 cm³/mol. The number of fused-ring (bicyclic) bond motifs is 1. The number of aryl methyl sites for hydroxylation is 1. The summed E-state index contributed by atoms with van der Waals surface area (Å²) in [6.07, 6.45) is 0.941. The lowest BCUT2D eigenvalue weighted by Crippen LogP contribution is -2.22. The van der Waals surface area contributed by atoms with Crippen LogP contribution in [0.4, 0.5) is 0 Å². The monoisotopic (exact) mass is 206 g/mol. The topological polar surface area (TPSA) is 17.1 Å². The molecule has 1 heterocycles. The zero-order valence-electron chi connectivity index (χ0n) is 8.54. The molecule has 1 unspecified atom stereocenters. The van der Waals surface area contributed by atoms with E-state index in [2.05, 4.69) is 19.1 Å². The molecule has 0 N–H and O–H groups in total. The number of hydrogen-bond acceptors (Lipinski definition) is 2. The van der Waals surface area contributed by atoms with Gasteiger partial charge in [0.05, 0.1) is 5.25 Å². The minimum Gasteiger partial charge on any atom is -0.293 e. The summed E-state index contributed by atoms with van der Waals surface area (Å²) < 4.78 is 0. The van der Waals surface area contributed by atoms with Crippen LogP contribution in [-0.2, 0) is 5.75 Å². The molecule has 0 aliphatic carbocycles. The van der Waals surface area contributed by atoms with Crippen molar-refractivity contribution in [2.45, 2.75) is 31.3 Å². The largest absolute Gasteiger partial charge is 0.293 e. The Balaban J connectivity index is 2.43. The average Bonchev–Trinajstić information content (AvgIpc) is 2.20. The molecular weight excluding hydrogens is 192 g/mol. The molecule has 1 aromatic carbocycles. The highest BCUT2D eigenvalue weighted by Gasteiger charge is 2.26. The van der Waals surface area contributed by atoms with E-state index >= 15 is 0 Å². The molecule has 74 valence electrons. The van der Waals surface area contributed by atoms with Gasteiger partial charge >= 0.3 is 0 Å². The van der Waals surface area contributed by atoms with E-state index in [9.17, 15) is 4.79 Å². The van der Waals surface area contributed by atoms with Gasteiger partial charge in [0.2, 0.25) is 0 Å². The lowest BCUT2D eigenvalue weighted by atomic mass is 9.98. The molecule has 1 aliphatic rings. The number of ketones is 1. The van der Waals surface area contributed by atoms with Crippen molar-refractivity contribution >= 4 is 17.5 Å². The molecule has 1 aliphatic heterocycles. The molecule has 0 bridgehead atoms. The Morgan fingerprint density at radius 1 is 1.50 bits per heavy atom. The number of Topliss-reactive ketones (excluding diaryl/α,β-unsaturated/α-hetero) is 1. The van der Waals surface area contributed by atoms with E-state index in [1.165, 1.54) is 11.1 Å². The lowest BCUT2D eigenvalue weighted by Gasteiger charge is -2.22. The zero-order chi connectivity index (χ0) is 10.1. The van der Waals surface area contributed by atoms with Gasteiger partial charge in [-0.1, -0.05) is 24.6 Å². The van der Waals surface area contributed by atoms with Gasteiger partial charge in [0, 0.05) is 11.3 Å². The summed E-state index contributed by atoms with van der Waals surface area (Å²) in [6.45, 7) is 4.12. The van der Waals surface area contributed by atoms with E-state index in [1.54, 1.807) is 11.8 Å². The van der Waals surface area contributed by atoms with Gasteiger partial charge in [-0.15, -0.1) is 11.8 Å². The average molecular weight is 206 g/mol. The van der Waals surface area contributed by atoms with Crippen LogP contribution in [-0.4, -0.2) is 11.0 Å². The Morgan fingerprint density at radius 3 is 3.00 bits per heavy atom. The maximum absolute atomic E-state index is 12.0. The van der Waals surface area contributed by atoms with Crippen molar-refractivity contribution < 1.29 is 4.79 Å². The van der Waals surface area contributed by atoms with Gasteiger partial charge in [0.15, 0.2) is 5.78 Å². The van der Waals surface area contributed by atoms with Crippen molar-refractivity contribution in [1.29, 1.82) is 0 Å². The Kier molecular flexibility index (Phi) is 2.64. The van der Waals surface area contributed by atoms with Gasteiger partial charge < -0.3 is 0 Å². The second-order valence-corrected chi connectivity index (χ2v) is 4.92. The van der Waals surface area contributed by atoms with Crippen molar-refractivity contribution in [3.8, 4) is 0 Å². The van der Waals surface area contributed by atoms with E-state index in [-0.39, 0.29) is 5.25 Å². The highest BCUT2D eigenvalue weighted by Crippen LogP contribution is 2.32. The van der Waals surface area contributed by atoms with Crippen molar-refractivity contribution in [2.75, 3.05) is 0 Å². The number of carbonyl (C=O) groups is 1. The molecule has 0 spiro atoms. The van der Waals surface area contributed by atoms with Crippen molar-refractivity contribution in [3.05, 3.63) is 34.9 Å². The van der Waals surface area contributed by atoms with Crippen molar-refractivity contribution in [2.24, 2.45) is 0 Å². The number of rotatable bonds is 1. The van der Waals surface area contributed by atoms with Crippen molar-refractivity contribution in [1.82, 2.24) is 0 Å². The molecule has 0 saturated heterocycles.